The predicted molar refractivity (Wildman–Crippen MR) is 58.8 cm³/mol. The molecule has 0 bridgehead atoms. The van der Waals surface area contributed by atoms with Gasteiger partial charge >= 0.3 is 0 Å². The Hall–Kier alpha value is -1.06. The molecule has 1 aromatic rings. The van der Waals surface area contributed by atoms with E-state index in [1.807, 2.05) is 24.3 Å². The van der Waals surface area contributed by atoms with Crippen molar-refractivity contribution in [2.75, 3.05) is 13.2 Å². The van der Waals surface area contributed by atoms with E-state index in [1.165, 1.54) is 0 Å². The molecule has 1 aliphatic heterocycles. The molecule has 1 aromatic carbocycles. The van der Waals surface area contributed by atoms with Gasteiger partial charge in [0, 0.05) is 18.7 Å². The number of nitrogens with two attached hydrogens (primary N) is 1. The van der Waals surface area contributed by atoms with Gasteiger partial charge in [-0.2, -0.15) is 0 Å². The highest BCUT2D eigenvalue weighted by molar-refractivity contribution is 5.33. The van der Waals surface area contributed by atoms with E-state index >= 15 is 0 Å². The van der Waals surface area contributed by atoms with Gasteiger partial charge in [0.05, 0.1) is 6.61 Å². The lowest BCUT2D eigenvalue weighted by atomic mass is 10.1. The van der Waals surface area contributed by atoms with Crippen molar-refractivity contribution in [2.24, 2.45) is 5.73 Å². The van der Waals surface area contributed by atoms with Gasteiger partial charge in [-0.1, -0.05) is 18.2 Å². The molecule has 0 spiro atoms. The SMILES string of the molecule is NCc1ccccc1OC1CCCOC1. The van der Waals surface area contributed by atoms with E-state index in [9.17, 15) is 0 Å². The molecule has 0 amide bonds. The van der Waals surface area contributed by atoms with Crippen LogP contribution in [0, 0.1) is 0 Å². The summed E-state index contributed by atoms with van der Waals surface area (Å²) in [6.07, 6.45) is 2.33. The van der Waals surface area contributed by atoms with Crippen LogP contribution < -0.4 is 10.5 Å². The fourth-order valence-corrected chi connectivity index (χ4v) is 1.77. The van der Waals surface area contributed by atoms with Crippen molar-refractivity contribution in [3.63, 3.8) is 0 Å². The molecular formula is C12H17NO2. The highest BCUT2D eigenvalue weighted by Crippen LogP contribution is 2.21. The van der Waals surface area contributed by atoms with Gasteiger partial charge in [0.1, 0.15) is 11.9 Å². The Bertz CT molecular complexity index is 308. The molecule has 0 saturated carbocycles. The zero-order valence-corrected chi connectivity index (χ0v) is 8.82. The number of rotatable bonds is 3. The van der Waals surface area contributed by atoms with Crippen LogP contribution in [0.3, 0.4) is 0 Å². The standard InChI is InChI=1S/C12H17NO2/c13-8-10-4-1-2-6-12(10)15-11-5-3-7-14-9-11/h1-2,4,6,11H,3,5,7-9,13H2. The van der Waals surface area contributed by atoms with Crippen LogP contribution in [0.2, 0.25) is 0 Å². The van der Waals surface area contributed by atoms with Crippen LogP contribution in [-0.2, 0) is 11.3 Å². The first-order valence-corrected chi connectivity index (χ1v) is 5.42. The minimum absolute atomic E-state index is 0.187. The highest BCUT2D eigenvalue weighted by Gasteiger charge is 2.16. The summed E-state index contributed by atoms with van der Waals surface area (Å²) in [4.78, 5) is 0. The molecule has 3 nitrogen and oxygen atoms in total. The van der Waals surface area contributed by atoms with Gasteiger partial charge in [0.2, 0.25) is 0 Å². The van der Waals surface area contributed by atoms with Gasteiger partial charge in [-0.25, -0.2) is 0 Å². The van der Waals surface area contributed by atoms with Crippen molar-refractivity contribution in [3.05, 3.63) is 29.8 Å². The molecule has 1 unspecified atom stereocenters. The predicted octanol–water partition coefficient (Wildman–Crippen LogP) is 1.70. The molecule has 0 aromatic heterocycles. The van der Waals surface area contributed by atoms with E-state index in [0.717, 1.165) is 30.8 Å². The third-order valence-corrected chi connectivity index (χ3v) is 2.60. The lowest BCUT2D eigenvalue weighted by Gasteiger charge is -2.24. The zero-order chi connectivity index (χ0) is 10.5. The Balaban J connectivity index is 2.02. The Morgan fingerprint density at radius 2 is 2.27 bits per heavy atom. The summed E-state index contributed by atoms with van der Waals surface area (Å²) in [6, 6.07) is 7.92. The van der Waals surface area contributed by atoms with Crippen molar-refractivity contribution in [1.82, 2.24) is 0 Å². The Labute approximate surface area is 90.2 Å². The topological polar surface area (TPSA) is 44.5 Å². The smallest absolute Gasteiger partial charge is 0.124 e. The zero-order valence-electron chi connectivity index (χ0n) is 8.82. The van der Waals surface area contributed by atoms with E-state index in [-0.39, 0.29) is 6.10 Å². The molecule has 1 fully saturated rings. The van der Waals surface area contributed by atoms with Gasteiger partial charge in [0.25, 0.3) is 0 Å². The molecule has 15 heavy (non-hydrogen) atoms. The second kappa shape index (κ2) is 5.14. The Morgan fingerprint density at radius 1 is 1.40 bits per heavy atom. The van der Waals surface area contributed by atoms with Crippen molar-refractivity contribution in [3.8, 4) is 5.75 Å². The van der Waals surface area contributed by atoms with Gasteiger partial charge < -0.3 is 15.2 Å². The minimum atomic E-state index is 0.187. The first-order valence-electron chi connectivity index (χ1n) is 5.42. The summed E-state index contributed by atoms with van der Waals surface area (Å²) in [5.74, 6) is 0.899. The van der Waals surface area contributed by atoms with Crippen LogP contribution in [0.4, 0.5) is 0 Å². The summed E-state index contributed by atoms with van der Waals surface area (Å²) in [5.41, 5.74) is 6.70. The molecule has 0 radical (unpaired) electrons. The third-order valence-electron chi connectivity index (χ3n) is 2.60. The lowest BCUT2D eigenvalue weighted by Crippen LogP contribution is -2.28. The second-order valence-corrected chi connectivity index (χ2v) is 3.77. The first kappa shape index (κ1) is 10.5. The quantitative estimate of drug-likeness (QED) is 0.820. The summed E-state index contributed by atoms with van der Waals surface area (Å²) >= 11 is 0. The van der Waals surface area contributed by atoms with Crippen LogP contribution in [0.1, 0.15) is 18.4 Å². The van der Waals surface area contributed by atoms with Crippen molar-refractivity contribution >= 4 is 0 Å². The maximum absolute atomic E-state index is 5.87. The normalized spacial score (nSPS) is 21.3. The van der Waals surface area contributed by atoms with Crippen LogP contribution in [0.25, 0.3) is 0 Å². The Kier molecular flexibility index (Phi) is 3.59. The number of benzene rings is 1. The monoisotopic (exact) mass is 207 g/mol. The number of hydrogen-bond donors (Lipinski definition) is 1. The van der Waals surface area contributed by atoms with Crippen LogP contribution in [0.15, 0.2) is 24.3 Å². The van der Waals surface area contributed by atoms with Gasteiger partial charge in [0.15, 0.2) is 0 Å². The first-order chi connectivity index (χ1) is 7.40. The van der Waals surface area contributed by atoms with Crippen molar-refractivity contribution in [1.29, 1.82) is 0 Å². The molecular weight excluding hydrogens is 190 g/mol. The van der Waals surface area contributed by atoms with Gasteiger partial charge in [-0.05, 0) is 18.9 Å². The molecule has 82 valence electrons. The van der Waals surface area contributed by atoms with Crippen molar-refractivity contribution in [2.45, 2.75) is 25.5 Å². The van der Waals surface area contributed by atoms with Crippen LogP contribution in [0.5, 0.6) is 5.75 Å². The number of para-hydroxylation sites is 1. The van der Waals surface area contributed by atoms with Crippen LogP contribution >= 0.6 is 0 Å². The molecule has 0 aliphatic carbocycles. The average molecular weight is 207 g/mol. The molecule has 1 atom stereocenters. The van der Waals surface area contributed by atoms with E-state index in [0.29, 0.717) is 13.2 Å². The molecule has 3 heteroatoms. The molecule has 1 aliphatic rings. The minimum Gasteiger partial charge on any atom is -0.488 e. The molecule has 1 saturated heterocycles. The maximum atomic E-state index is 5.87. The summed E-state index contributed by atoms with van der Waals surface area (Å²) in [7, 11) is 0. The number of hydrogen-bond acceptors (Lipinski definition) is 3. The Morgan fingerprint density at radius 3 is 3.00 bits per heavy atom. The lowest BCUT2D eigenvalue weighted by molar-refractivity contribution is 0.00705. The van der Waals surface area contributed by atoms with Crippen molar-refractivity contribution < 1.29 is 9.47 Å². The van der Waals surface area contributed by atoms with E-state index in [1.54, 1.807) is 0 Å². The largest absolute Gasteiger partial charge is 0.488 e. The summed E-state index contributed by atoms with van der Waals surface area (Å²) in [5, 5.41) is 0. The third kappa shape index (κ3) is 2.70. The van der Waals surface area contributed by atoms with E-state index in [4.69, 9.17) is 15.2 Å². The summed E-state index contributed by atoms with van der Waals surface area (Å²) in [6.45, 7) is 2.07. The number of ether oxygens (including phenoxy) is 2. The van der Waals surface area contributed by atoms with Gasteiger partial charge in [-0.3, -0.25) is 0 Å². The fraction of sp³-hybridized carbons (Fsp3) is 0.500. The summed E-state index contributed by atoms with van der Waals surface area (Å²) < 4.78 is 11.2. The average Bonchev–Trinajstić information content (AvgIpc) is 2.31. The highest BCUT2D eigenvalue weighted by atomic mass is 16.5. The van der Waals surface area contributed by atoms with Crippen LogP contribution in [-0.4, -0.2) is 19.3 Å². The van der Waals surface area contributed by atoms with E-state index < -0.39 is 0 Å². The molecule has 2 N–H and O–H groups in total. The molecule has 2 rings (SSSR count). The van der Waals surface area contributed by atoms with E-state index in [2.05, 4.69) is 0 Å². The fourth-order valence-electron chi connectivity index (χ4n) is 1.77. The molecule has 1 heterocycles. The van der Waals surface area contributed by atoms with Gasteiger partial charge in [-0.15, -0.1) is 0 Å². The second-order valence-electron chi connectivity index (χ2n) is 3.77. The maximum Gasteiger partial charge on any atom is 0.124 e.